The Bertz CT molecular complexity index is 760. The minimum Gasteiger partial charge on any atom is -0.481 e. The Morgan fingerprint density at radius 3 is 2.81 bits per heavy atom. The predicted octanol–water partition coefficient (Wildman–Crippen LogP) is 3.34. The fraction of sp³-hybridized carbons (Fsp3) is 0.389. The number of hydrogen-bond donors (Lipinski definition) is 1. The number of carbonyl (C=O) groups excluding carboxylic acids is 1. The van der Waals surface area contributed by atoms with Crippen molar-refractivity contribution in [1.29, 1.82) is 0 Å². The van der Waals surface area contributed by atoms with Gasteiger partial charge in [0, 0.05) is 37.6 Å². The van der Waals surface area contributed by atoms with Gasteiger partial charge in [-0.05, 0) is 38.0 Å². The van der Waals surface area contributed by atoms with Crippen molar-refractivity contribution >= 4 is 35.1 Å². The van der Waals surface area contributed by atoms with Gasteiger partial charge in [0.15, 0.2) is 6.10 Å². The van der Waals surface area contributed by atoms with Crippen LogP contribution in [0.2, 0.25) is 10.0 Å². The molecule has 2 aromatic rings. The Kier molecular flexibility index (Phi) is 6.16. The highest BCUT2D eigenvalue weighted by Crippen LogP contribution is 2.27. The van der Waals surface area contributed by atoms with E-state index in [0.29, 0.717) is 28.3 Å². The Balaban J connectivity index is 1.55. The van der Waals surface area contributed by atoms with E-state index in [9.17, 15) is 4.79 Å². The van der Waals surface area contributed by atoms with E-state index in [-0.39, 0.29) is 11.9 Å². The van der Waals surface area contributed by atoms with Gasteiger partial charge in [-0.25, -0.2) is 9.97 Å². The quantitative estimate of drug-likeness (QED) is 0.841. The molecular formula is C18H20Cl2N4O2. The van der Waals surface area contributed by atoms with Crippen LogP contribution in [0, 0.1) is 0 Å². The van der Waals surface area contributed by atoms with Gasteiger partial charge in [0.05, 0.1) is 10.0 Å². The van der Waals surface area contributed by atoms with Crippen LogP contribution in [0.4, 0.5) is 5.95 Å². The van der Waals surface area contributed by atoms with Gasteiger partial charge in [0.25, 0.3) is 5.91 Å². The van der Waals surface area contributed by atoms with Crippen LogP contribution in [0.15, 0.2) is 36.7 Å². The number of carbonyl (C=O) groups is 1. The number of anilines is 1. The average molecular weight is 395 g/mol. The van der Waals surface area contributed by atoms with Gasteiger partial charge in [0.1, 0.15) is 5.75 Å². The maximum atomic E-state index is 12.5. The van der Waals surface area contributed by atoms with E-state index in [4.69, 9.17) is 27.9 Å². The van der Waals surface area contributed by atoms with Crippen molar-refractivity contribution in [1.82, 2.24) is 15.3 Å². The lowest BCUT2D eigenvalue weighted by molar-refractivity contribution is -0.128. The normalized spacial score (nSPS) is 18.3. The smallest absolute Gasteiger partial charge is 0.261 e. The topological polar surface area (TPSA) is 67.3 Å². The monoisotopic (exact) mass is 394 g/mol. The van der Waals surface area contributed by atoms with Gasteiger partial charge in [-0.1, -0.05) is 23.2 Å². The molecule has 1 saturated heterocycles. The molecule has 1 aliphatic heterocycles. The minimum atomic E-state index is -0.643. The molecule has 1 fully saturated rings. The number of halogens is 2. The number of ether oxygens (including phenoxy) is 1. The summed E-state index contributed by atoms with van der Waals surface area (Å²) in [5, 5.41) is 3.88. The fourth-order valence-corrected chi connectivity index (χ4v) is 3.15. The summed E-state index contributed by atoms with van der Waals surface area (Å²) in [6.45, 7) is 3.26. The highest BCUT2D eigenvalue weighted by atomic mass is 35.5. The van der Waals surface area contributed by atoms with E-state index in [1.54, 1.807) is 43.6 Å². The first kappa shape index (κ1) is 18.7. The van der Waals surface area contributed by atoms with Crippen LogP contribution in [-0.4, -0.2) is 41.1 Å². The highest BCUT2D eigenvalue weighted by Gasteiger charge is 2.25. The average Bonchev–Trinajstić information content (AvgIpc) is 2.65. The second-order valence-corrected chi connectivity index (χ2v) is 6.99. The molecule has 8 heteroatoms. The van der Waals surface area contributed by atoms with E-state index < -0.39 is 6.10 Å². The molecule has 1 N–H and O–H groups in total. The Hall–Kier alpha value is -2.05. The van der Waals surface area contributed by atoms with Crippen LogP contribution in [-0.2, 0) is 4.79 Å². The summed E-state index contributed by atoms with van der Waals surface area (Å²) < 4.78 is 5.67. The minimum absolute atomic E-state index is 0.0277. The zero-order valence-electron chi connectivity index (χ0n) is 14.4. The van der Waals surface area contributed by atoms with E-state index >= 15 is 0 Å². The van der Waals surface area contributed by atoms with Gasteiger partial charge in [-0.3, -0.25) is 4.79 Å². The molecule has 2 unspecified atom stereocenters. The number of aromatic nitrogens is 2. The molecule has 1 aromatic heterocycles. The molecule has 2 heterocycles. The van der Waals surface area contributed by atoms with Crippen molar-refractivity contribution in [2.45, 2.75) is 31.9 Å². The second-order valence-electron chi connectivity index (χ2n) is 6.18. The van der Waals surface area contributed by atoms with E-state index in [0.717, 1.165) is 19.4 Å². The molecule has 26 heavy (non-hydrogen) atoms. The lowest BCUT2D eigenvalue weighted by atomic mass is 10.1. The second kappa shape index (κ2) is 8.56. The standard InChI is InChI=1S/C18H20Cl2N4O2/c1-12(26-14-5-6-15(19)16(20)10-14)17(25)23-13-4-2-9-24(11-13)18-21-7-3-8-22-18/h3,5-8,10,12-13H,2,4,9,11H2,1H3,(H,23,25). The van der Waals surface area contributed by atoms with Gasteiger partial charge in [0.2, 0.25) is 5.95 Å². The summed E-state index contributed by atoms with van der Waals surface area (Å²) in [6.07, 6.45) is 4.67. The number of rotatable bonds is 5. The van der Waals surface area contributed by atoms with Crippen molar-refractivity contribution in [2.24, 2.45) is 0 Å². The summed E-state index contributed by atoms with van der Waals surface area (Å²) in [4.78, 5) is 23.1. The maximum Gasteiger partial charge on any atom is 0.261 e. The molecular weight excluding hydrogens is 375 g/mol. The Morgan fingerprint density at radius 1 is 1.31 bits per heavy atom. The predicted molar refractivity (Wildman–Crippen MR) is 102 cm³/mol. The molecule has 1 aliphatic rings. The zero-order chi connectivity index (χ0) is 18.5. The fourth-order valence-electron chi connectivity index (χ4n) is 2.86. The number of hydrogen-bond acceptors (Lipinski definition) is 5. The van der Waals surface area contributed by atoms with Crippen molar-refractivity contribution < 1.29 is 9.53 Å². The largest absolute Gasteiger partial charge is 0.481 e. The molecule has 2 atom stereocenters. The summed E-state index contributed by atoms with van der Waals surface area (Å²) in [5.41, 5.74) is 0. The van der Waals surface area contributed by atoms with E-state index in [2.05, 4.69) is 20.2 Å². The highest BCUT2D eigenvalue weighted by molar-refractivity contribution is 6.42. The first-order valence-electron chi connectivity index (χ1n) is 8.47. The molecule has 0 radical (unpaired) electrons. The van der Waals surface area contributed by atoms with Gasteiger partial charge in [-0.15, -0.1) is 0 Å². The summed E-state index contributed by atoms with van der Waals surface area (Å²) in [5.74, 6) is 1.02. The van der Waals surface area contributed by atoms with Crippen LogP contribution in [0.25, 0.3) is 0 Å². The van der Waals surface area contributed by atoms with Gasteiger partial charge >= 0.3 is 0 Å². The molecule has 3 rings (SSSR count). The number of nitrogens with zero attached hydrogens (tertiary/aromatic N) is 3. The van der Waals surface area contributed by atoms with Crippen molar-refractivity contribution in [2.75, 3.05) is 18.0 Å². The van der Waals surface area contributed by atoms with Crippen LogP contribution < -0.4 is 15.0 Å². The number of nitrogens with one attached hydrogen (secondary N) is 1. The van der Waals surface area contributed by atoms with Crippen LogP contribution >= 0.6 is 23.2 Å². The molecule has 138 valence electrons. The maximum absolute atomic E-state index is 12.5. The molecule has 1 amide bonds. The SMILES string of the molecule is CC(Oc1ccc(Cl)c(Cl)c1)C(=O)NC1CCCN(c2ncccn2)C1. The van der Waals surface area contributed by atoms with E-state index in [1.807, 2.05) is 0 Å². The van der Waals surface area contributed by atoms with Crippen molar-refractivity contribution in [3.63, 3.8) is 0 Å². The Morgan fingerprint density at radius 2 is 2.08 bits per heavy atom. The van der Waals surface area contributed by atoms with Crippen LogP contribution in [0.5, 0.6) is 5.75 Å². The molecule has 0 bridgehead atoms. The first-order chi connectivity index (χ1) is 12.5. The van der Waals surface area contributed by atoms with Crippen molar-refractivity contribution in [3.05, 3.63) is 46.7 Å². The summed E-state index contributed by atoms with van der Waals surface area (Å²) >= 11 is 11.9. The lowest BCUT2D eigenvalue weighted by Crippen LogP contribution is -2.51. The molecule has 0 aliphatic carbocycles. The summed E-state index contributed by atoms with van der Waals surface area (Å²) in [6, 6.07) is 6.74. The van der Waals surface area contributed by atoms with Gasteiger partial charge < -0.3 is 15.0 Å². The molecule has 0 spiro atoms. The third-order valence-corrected chi connectivity index (χ3v) is 4.91. The lowest BCUT2D eigenvalue weighted by Gasteiger charge is -2.33. The van der Waals surface area contributed by atoms with E-state index in [1.165, 1.54) is 0 Å². The van der Waals surface area contributed by atoms with Gasteiger partial charge in [-0.2, -0.15) is 0 Å². The summed E-state index contributed by atoms with van der Waals surface area (Å²) in [7, 11) is 0. The molecule has 0 saturated carbocycles. The Labute approximate surface area is 162 Å². The zero-order valence-corrected chi connectivity index (χ0v) is 15.9. The number of piperidine rings is 1. The first-order valence-corrected chi connectivity index (χ1v) is 9.22. The van der Waals surface area contributed by atoms with Crippen molar-refractivity contribution in [3.8, 4) is 5.75 Å². The number of benzene rings is 1. The number of amides is 1. The van der Waals surface area contributed by atoms with Crippen LogP contribution in [0.3, 0.4) is 0 Å². The third kappa shape index (κ3) is 4.77. The third-order valence-electron chi connectivity index (χ3n) is 4.18. The van der Waals surface area contributed by atoms with Crippen LogP contribution in [0.1, 0.15) is 19.8 Å². The molecule has 1 aromatic carbocycles. The molecule has 6 nitrogen and oxygen atoms in total.